The summed E-state index contributed by atoms with van der Waals surface area (Å²) in [7, 11) is 0. The average molecular weight is 291 g/mol. The van der Waals surface area contributed by atoms with E-state index in [1.807, 2.05) is 6.92 Å². The summed E-state index contributed by atoms with van der Waals surface area (Å²) in [5.74, 6) is 3.43. The predicted molar refractivity (Wildman–Crippen MR) is 80.9 cm³/mol. The van der Waals surface area contributed by atoms with Gasteiger partial charge in [-0.1, -0.05) is 13.3 Å². The summed E-state index contributed by atoms with van der Waals surface area (Å²) in [6.45, 7) is 5.09. The third kappa shape index (κ3) is 2.54. The normalized spacial score (nSPS) is 27.2. The standard InChI is InChI=1S/C16H25N3O2/c1-3-13-18-14(16(20)21-4-2)15(17)19(13)9-12-8-10-5-6-11(12)7-10/h10-12H,3-9,17H2,1-2H3. The van der Waals surface area contributed by atoms with Gasteiger partial charge in [-0.15, -0.1) is 0 Å². The van der Waals surface area contributed by atoms with Crippen molar-refractivity contribution < 1.29 is 9.53 Å². The summed E-state index contributed by atoms with van der Waals surface area (Å²) >= 11 is 0. The highest BCUT2D eigenvalue weighted by atomic mass is 16.5. The molecule has 3 unspecified atom stereocenters. The molecule has 21 heavy (non-hydrogen) atoms. The van der Waals surface area contributed by atoms with E-state index < -0.39 is 5.97 Å². The van der Waals surface area contributed by atoms with Crippen LogP contribution in [0.3, 0.4) is 0 Å². The van der Waals surface area contributed by atoms with Gasteiger partial charge in [0.25, 0.3) is 0 Å². The molecule has 0 aliphatic heterocycles. The van der Waals surface area contributed by atoms with Crippen LogP contribution in [0.15, 0.2) is 0 Å². The Balaban J connectivity index is 1.82. The van der Waals surface area contributed by atoms with Crippen molar-refractivity contribution >= 4 is 11.8 Å². The van der Waals surface area contributed by atoms with Crippen LogP contribution in [0.2, 0.25) is 0 Å². The summed E-state index contributed by atoms with van der Waals surface area (Å²) in [5, 5.41) is 0. The van der Waals surface area contributed by atoms with Crippen molar-refractivity contribution in [1.82, 2.24) is 9.55 Å². The molecule has 0 amide bonds. The Morgan fingerprint density at radius 1 is 1.38 bits per heavy atom. The monoisotopic (exact) mass is 291 g/mol. The molecule has 1 heterocycles. The largest absolute Gasteiger partial charge is 0.461 e. The number of imidazole rings is 1. The zero-order valence-electron chi connectivity index (χ0n) is 13.0. The van der Waals surface area contributed by atoms with Crippen molar-refractivity contribution in [2.75, 3.05) is 12.3 Å². The smallest absolute Gasteiger partial charge is 0.360 e. The molecule has 1 aromatic rings. The number of nitrogen functional groups attached to an aromatic ring is 1. The molecule has 2 fully saturated rings. The van der Waals surface area contributed by atoms with Gasteiger partial charge < -0.3 is 15.0 Å². The second-order valence-electron chi connectivity index (χ2n) is 6.38. The van der Waals surface area contributed by atoms with Crippen molar-refractivity contribution in [1.29, 1.82) is 0 Å². The molecule has 1 aromatic heterocycles. The van der Waals surface area contributed by atoms with Crippen LogP contribution < -0.4 is 5.73 Å². The van der Waals surface area contributed by atoms with Gasteiger partial charge in [0.2, 0.25) is 0 Å². The Labute approximate surface area is 125 Å². The summed E-state index contributed by atoms with van der Waals surface area (Å²) in [6.07, 6.45) is 6.22. The fourth-order valence-corrected chi connectivity index (χ4v) is 4.17. The van der Waals surface area contributed by atoms with Crippen molar-refractivity contribution in [3.63, 3.8) is 0 Å². The van der Waals surface area contributed by atoms with E-state index >= 15 is 0 Å². The van der Waals surface area contributed by atoms with Crippen LogP contribution in [0.25, 0.3) is 0 Å². The molecular formula is C16H25N3O2. The number of fused-ring (bicyclic) bond motifs is 2. The zero-order valence-corrected chi connectivity index (χ0v) is 13.0. The predicted octanol–water partition coefficient (Wildman–Crippen LogP) is 2.64. The number of ether oxygens (including phenoxy) is 1. The van der Waals surface area contributed by atoms with Gasteiger partial charge in [0.1, 0.15) is 11.6 Å². The highest BCUT2D eigenvalue weighted by Gasteiger charge is 2.40. The Morgan fingerprint density at radius 3 is 2.76 bits per heavy atom. The highest BCUT2D eigenvalue weighted by Crippen LogP contribution is 2.49. The van der Waals surface area contributed by atoms with Gasteiger partial charge in [-0.25, -0.2) is 9.78 Å². The van der Waals surface area contributed by atoms with Crippen molar-refractivity contribution in [2.24, 2.45) is 17.8 Å². The minimum absolute atomic E-state index is 0.289. The molecule has 2 aliphatic rings. The van der Waals surface area contributed by atoms with Gasteiger partial charge in [0.05, 0.1) is 6.61 Å². The number of rotatable bonds is 5. The lowest BCUT2D eigenvalue weighted by Crippen LogP contribution is -2.20. The van der Waals surface area contributed by atoms with Crippen LogP contribution in [0.5, 0.6) is 0 Å². The van der Waals surface area contributed by atoms with Crippen LogP contribution in [-0.2, 0) is 17.7 Å². The van der Waals surface area contributed by atoms with Crippen LogP contribution in [0, 0.1) is 17.8 Å². The fraction of sp³-hybridized carbons (Fsp3) is 0.750. The van der Waals surface area contributed by atoms with E-state index in [1.54, 1.807) is 6.92 Å². The number of hydrogen-bond donors (Lipinski definition) is 1. The highest BCUT2D eigenvalue weighted by molar-refractivity contribution is 5.92. The van der Waals surface area contributed by atoms with Crippen LogP contribution in [0.1, 0.15) is 55.8 Å². The number of nitrogens with two attached hydrogens (primary N) is 1. The average Bonchev–Trinajstić information content (AvgIpc) is 3.15. The molecule has 116 valence electrons. The lowest BCUT2D eigenvalue weighted by atomic mass is 9.89. The van der Waals surface area contributed by atoms with E-state index in [0.29, 0.717) is 18.3 Å². The number of aryl methyl sites for hydroxylation is 1. The van der Waals surface area contributed by atoms with Crippen LogP contribution in [-0.4, -0.2) is 22.1 Å². The number of anilines is 1. The molecule has 0 radical (unpaired) electrons. The molecule has 2 bridgehead atoms. The number of carbonyl (C=O) groups excluding carboxylic acids is 1. The molecule has 5 nitrogen and oxygen atoms in total. The first-order chi connectivity index (χ1) is 10.1. The molecule has 3 atom stereocenters. The van der Waals surface area contributed by atoms with Crippen molar-refractivity contribution in [2.45, 2.75) is 52.5 Å². The van der Waals surface area contributed by atoms with E-state index in [0.717, 1.165) is 30.6 Å². The molecule has 0 aromatic carbocycles. The Morgan fingerprint density at radius 2 is 2.19 bits per heavy atom. The van der Waals surface area contributed by atoms with Crippen LogP contribution >= 0.6 is 0 Å². The summed E-state index contributed by atoms with van der Waals surface area (Å²) < 4.78 is 7.10. The molecule has 3 rings (SSSR count). The first-order valence-corrected chi connectivity index (χ1v) is 8.16. The lowest BCUT2D eigenvalue weighted by Gasteiger charge is -2.23. The van der Waals surface area contributed by atoms with E-state index in [2.05, 4.69) is 9.55 Å². The minimum atomic E-state index is -0.406. The quantitative estimate of drug-likeness (QED) is 0.847. The summed E-state index contributed by atoms with van der Waals surface area (Å²) in [5.41, 5.74) is 6.48. The van der Waals surface area contributed by atoms with Gasteiger partial charge in [-0.3, -0.25) is 0 Å². The van der Waals surface area contributed by atoms with Crippen molar-refractivity contribution in [3.05, 3.63) is 11.5 Å². The van der Waals surface area contributed by atoms with E-state index in [-0.39, 0.29) is 5.69 Å². The molecule has 2 aliphatic carbocycles. The number of nitrogens with zero attached hydrogens (tertiary/aromatic N) is 2. The molecule has 2 N–H and O–H groups in total. The Hall–Kier alpha value is -1.52. The molecule has 0 spiro atoms. The Bertz CT molecular complexity index is 538. The summed E-state index contributed by atoms with van der Waals surface area (Å²) in [4.78, 5) is 16.3. The molecule has 5 heteroatoms. The van der Waals surface area contributed by atoms with Gasteiger partial charge in [-0.2, -0.15) is 0 Å². The van der Waals surface area contributed by atoms with Gasteiger partial charge in [0.15, 0.2) is 5.69 Å². The molecular weight excluding hydrogens is 266 g/mol. The second-order valence-corrected chi connectivity index (χ2v) is 6.38. The number of aromatic nitrogens is 2. The van der Waals surface area contributed by atoms with Crippen LogP contribution in [0.4, 0.5) is 5.82 Å². The first kappa shape index (κ1) is 14.4. The molecule has 2 saturated carbocycles. The van der Waals surface area contributed by atoms with E-state index in [4.69, 9.17) is 10.5 Å². The second kappa shape index (κ2) is 5.70. The minimum Gasteiger partial charge on any atom is -0.461 e. The first-order valence-electron chi connectivity index (χ1n) is 8.16. The molecule has 0 saturated heterocycles. The van der Waals surface area contributed by atoms with Gasteiger partial charge in [-0.05, 0) is 43.9 Å². The number of hydrogen-bond acceptors (Lipinski definition) is 4. The third-order valence-electron chi connectivity index (χ3n) is 5.17. The number of carbonyl (C=O) groups is 1. The van der Waals surface area contributed by atoms with Gasteiger partial charge >= 0.3 is 5.97 Å². The third-order valence-corrected chi connectivity index (χ3v) is 5.17. The SMILES string of the molecule is CCOC(=O)c1nc(CC)n(CC2CC3CCC2C3)c1N. The fourth-order valence-electron chi connectivity index (χ4n) is 4.17. The Kier molecular flexibility index (Phi) is 3.91. The van der Waals surface area contributed by atoms with E-state index in [1.165, 1.54) is 25.7 Å². The zero-order chi connectivity index (χ0) is 15.0. The number of esters is 1. The maximum absolute atomic E-state index is 11.9. The van der Waals surface area contributed by atoms with Gasteiger partial charge in [0, 0.05) is 13.0 Å². The van der Waals surface area contributed by atoms with E-state index in [9.17, 15) is 4.79 Å². The maximum Gasteiger partial charge on any atom is 0.360 e. The lowest BCUT2D eigenvalue weighted by molar-refractivity contribution is 0.0521. The van der Waals surface area contributed by atoms with Crippen molar-refractivity contribution in [3.8, 4) is 0 Å². The summed E-state index contributed by atoms with van der Waals surface area (Å²) in [6, 6.07) is 0. The topological polar surface area (TPSA) is 70.1 Å². The maximum atomic E-state index is 11.9.